The summed E-state index contributed by atoms with van der Waals surface area (Å²) in [4.78, 5) is 32.7. The number of benzene rings is 1. The highest BCUT2D eigenvalue weighted by molar-refractivity contribution is 5.98. The molecule has 0 radical (unpaired) electrons. The molecule has 2 aromatic rings. The smallest absolute Gasteiger partial charge is 0.252 e. The van der Waals surface area contributed by atoms with Crippen molar-refractivity contribution < 1.29 is 9.59 Å². The predicted molar refractivity (Wildman–Crippen MR) is 128 cm³/mol. The lowest BCUT2D eigenvalue weighted by Gasteiger charge is -2.28. The minimum Gasteiger partial charge on any atom is -0.372 e. The molecule has 0 saturated carbocycles. The number of pyridine rings is 1. The molecule has 4 rings (SSSR count). The maximum absolute atomic E-state index is 12.0. The highest BCUT2D eigenvalue weighted by atomic mass is 16.1. The number of aromatic nitrogens is 1. The topological polar surface area (TPSA) is 104 Å². The summed E-state index contributed by atoms with van der Waals surface area (Å²) in [7, 11) is 0. The van der Waals surface area contributed by atoms with E-state index < -0.39 is 5.91 Å². The fourth-order valence-corrected chi connectivity index (χ4v) is 4.31. The second kappa shape index (κ2) is 9.72. The summed E-state index contributed by atoms with van der Waals surface area (Å²) < 4.78 is 0. The van der Waals surface area contributed by atoms with E-state index in [0.717, 1.165) is 37.6 Å². The summed E-state index contributed by atoms with van der Waals surface area (Å²) in [5.74, 6) is 0.454. The van der Waals surface area contributed by atoms with Crippen molar-refractivity contribution in [3.8, 4) is 0 Å². The number of hydrogen-bond donors (Lipinski definition) is 3. The molecule has 0 aliphatic carbocycles. The van der Waals surface area contributed by atoms with Crippen LogP contribution in [0.25, 0.3) is 0 Å². The van der Waals surface area contributed by atoms with Gasteiger partial charge in [0, 0.05) is 43.6 Å². The summed E-state index contributed by atoms with van der Waals surface area (Å²) in [6, 6.07) is 11.7. The van der Waals surface area contributed by atoms with E-state index in [2.05, 4.69) is 44.1 Å². The molecule has 1 atom stereocenters. The van der Waals surface area contributed by atoms with Gasteiger partial charge >= 0.3 is 0 Å². The molecule has 2 aliphatic heterocycles. The van der Waals surface area contributed by atoms with E-state index in [1.807, 2.05) is 12.1 Å². The number of primary amides is 1. The number of nitrogens with two attached hydrogens (primary N) is 1. The summed E-state index contributed by atoms with van der Waals surface area (Å²) in [5.41, 5.74) is 7.98. The van der Waals surface area contributed by atoms with Crippen LogP contribution in [-0.2, 0) is 4.79 Å². The monoisotopic (exact) mass is 434 g/mol. The van der Waals surface area contributed by atoms with Crippen LogP contribution in [0.1, 0.15) is 36.0 Å². The van der Waals surface area contributed by atoms with E-state index >= 15 is 0 Å². The number of piperidine rings is 1. The maximum Gasteiger partial charge on any atom is 0.252 e. The number of hydrogen-bond acceptors (Lipinski definition) is 6. The summed E-state index contributed by atoms with van der Waals surface area (Å²) in [6.45, 7) is 7.08. The third-order valence-corrected chi connectivity index (χ3v) is 6.04. The number of rotatable bonds is 7. The van der Waals surface area contributed by atoms with Crippen molar-refractivity contribution >= 4 is 34.8 Å². The zero-order valence-electron chi connectivity index (χ0n) is 18.2. The second-order valence-electron chi connectivity index (χ2n) is 8.29. The van der Waals surface area contributed by atoms with Gasteiger partial charge < -0.3 is 26.2 Å². The second-order valence-corrected chi connectivity index (χ2v) is 8.29. The normalized spacial score (nSPS) is 18.3. The molecular weight excluding hydrogens is 404 g/mol. The highest BCUT2D eigenvalue weighted by Gasteiger charge is 2.25. The van der Waals surface area contributed by atoms with Crippen molar-refractivity contribution in [2.45, 2.75) is 31.7 Å². The summed E-state index contributed by atoms with van der Waals surface area (Å²) >= 11 is 0. The van der Waals surface area contributed by atoms with Crippen LogP contribution in [0.4, 0.5) is 23.0 Å². The van der Waals surface area contributed by atoms with Gasteiger partial charge in [0.2, 0.25) is 5.91 Å². The Balaban J connectivity index is 1.49. The van der Waals surface area contributed by atoms with Crippen LogP contribution in [0, 0.1) is 0 Å². The molecule has 0 bridgehead atoms. The fourth-order valence-electron chi connectivity index (χ4n) is 4.31. The van der Waals surface area contributed by atoms with Gasteiger partial charge in [-0.05, 0) is 68.2 Å². The molecule has 168 valence electrons. The Bertz CT molecular complexity index is 984. The van der Waals surface area contributed by atoms with Gasteiger partial charge in [0.1, 0.15) is 11.6 Å². The van der Waals surface area contributed by atoms with Crippen molar-refractivity contribution in [2.24, 2.45) is 5.73 Å². The van der Waals surface area contributed by atoms with Crippen LogP contribution in [0.2, 0.25) is 0 Å². The van der Waals surface area contributed by atoms with Crippen molar-refractivity contribution in [1.29, 1.82) is 0 Å². The Hall–Kier alpha value is -3.55. The van der Waals surface area contributed by atoms with Gasteiger partial charge in [-0.3, -0.25) is 9.59 Å². The van der Waals surface area contributed by atoms with E-state index in [1.165, 1.54) is 31.0 Å². The predicted octanol–water partition coefficient (Wildman–Crippen LogP) is 2.80. The molecule has 2 aliphatic rings. The first-order valence-corrected chi connectivity index (χ1v) is 11.1. The average molecular weight is 435 g/mol. The van der Waals surface area contributed by atoms with Gasteiger partial charge in [-0.1, -0.05) is 6.58 Å². The van der Waals surface area contributed by atoms with E-state index in [9.17, 15) is 9.59 Å². The van der Waals surface area contributed by atoms with Gasteiger partial charge in [-0.25, -0.2) is 4.98 Å². The molecule has 4 N–H and O–H groups in total. The molecule has 3 heterocycles. The zero-order chi connectivity index (χ0) is 22.5. The minimum absolute atomic E-state index is 0.0388. The largest absolute Gasteiger partial charge is 0.372 e. The van der Waals surface area contributed by atoms with Gasteiger partial charge in [-0.2, -0.15) is 0 Å². The zero-order valence-corrected chi connectivity index (χ0v) is 18.2. The van der Waals surface area contributed by atoms with Crippen LogP contribution >= 0.6 is 0 Å². The Labute approximate surface area is 188 Å². The van der Waals surface area contributed by atoms with Crippen molar-refractivity contribution in [2.75, 3.05) is 41.3 Å². The molecule has 8 nitrogen and oxygen atoms in total. The van der Waals surface area contributed by atoms with E-state index in [0.29, 0.717) is 17.9 Å². The lowest BCUT2D eigenvalue weighted by Crippen LogP contribution is -2.36. The van der Waals surface area contributed by atoms with Crippen LogP contribution in [0.5, 0.6) is 0 Å². The molecule has 32 heavy (non-hydrogen) atoms. The Morgan fingerprint density at radius 3 is 2.47 bits per heavy atom. The first kappa shape index (κ1) is 21.7. The summed E-state index contributed by atoms with van der Waals surface area (Å²) in [5, 5.41) is 6.18. The fraction of sp³-hybridized carbons (Fsp3) is 0.375. The Morgan fingerprint density at radius 1 is 1.03 bits per heavy atom. The number of nitrogens with zero attached hydrogens (tertiary/aromatic N) is 3. The Morgan fingerprint density at radius 2 is 1.78 bits per heavy atom. The number of carbonyl (C=O) groups excluding carboxylic acids is 2. The van der Waals surface area contributed by atoms with Gasteiger partial charge in [0.15, 0.2) is 0 Å². The maximum atomic E-state index is 12.0. The first-order chi connectivity index (χ1) is 15.5. The van der Waals surface area contributed by atoms with Crippen LogP contribution in [0.15, 0.2) is 49.1 Å². The molecule has 1 unspecified atom stereocenters. The summed E-state index contributed by atoms with van der Waals surface area (Å²) in [6.07, 6.45) is 5.85. The van der Waals surface area contributed by atoms with Crippen molar-refractivity contribution in [3.63, 3.8) is 0 Å². The van der Waals surface area contributed by atoms with Gasteiger partial charge in [0.25, 0.3) is 5.91 Å². The minimum atomic E-state index is -0.533. The first-order valence-electron chi connectivity index (χ1n) is 11.1. The number of carbonyl (C=O) groups is 2. The van der Waals surface area contributed by atoms with E-state index in [4.69, 9.17) is 5.73 Å². The molecule has 2 amide bonds. The molecule has 1 aromatic heterocycles. The average Bonchev–Trinajstić information content (AvgIpc) is 3.28. The van der Waals surface area contributed by atoms with E-state index in [-0.39, 0.29) is 11.9 Å². The van der Waals surface area contributed by atoms with Gasteiger partial charge in [-0.15, -0.1) is 0 Å². The quantitative estimate of drug-likeness (QED) is 0.579. The molecule has 1 aromatic carbocycles. The van der Waals surface area contributed by atoms with Crippen LogP contribution in [-0.4, -0.2) is 49.0 Å². The molecule has 2 saturated heterocycles. The lowest BCUT2D eigenvalue weighted by atomic mass is 10.1. The third-order valence-electron chi connectivity index (χ3n) is 6.04. The van der Waals surface area contributed by atoms with Crippen LogP contribution < -0.4 is 26.2 Å². The molecular formula is C24H30N6O2. The standard InChI is InChI=1S/C24H30N6O2/c1-2-22(31)26-18-12-15-30(16-18)21-11-10-20(23(25)32)24(28-21)27-17-6-8-19(9-7-17)29-13-4-3-5-14-29/h2,6-11,18H,1,3-5,12-16H2,(H2,25,32)(H,26,31)(H,27,28). The highest BCUT2D eigenvalue weighted by Crippen LogP contribution is 2.27. The Kier molecular flexibility index (Phi) is 6.58. The van der Waals surface area contributed by atoms with E-state index in [1.54, 1.807) is 12.1 Å². The molecule has 8 heteroatoms. The lowest BCUT2D eigenvalue weighted by molar-refractivity contribution is -0.117. The SMILES string of the molecule is C=CC(=O)NC1CCN(c2ccc(C(N)=O)c(Nc3ccc(N4CCCCC4)cc3)n2)C1. The molecule has 2 fully saturated rings. The van der Waals surface area contributed by atoms with Crippen molar-refractivity contribution in [1.82, 2.24) is 10.3 Å². The van der Waals surface area contributed by atoms with Gasteiger partial charge in [0.05, 0.1) is 5.56 Å². The van der Waals surface area contributed by atoms with Crippen LogP contribution in [0.3, 0.4) is 0 Å². The number of anilines is 4. The number of nitrogens with one attached hydrogen (secondary N) is 2. The molecule has 0 spiro atoms. The van der Waals surface area contributed by atoms with Crippen molar-refractivity contribution in [3.05, 3.63) is 54.6 Å². The third kappa shape index (κ3) is 5.01. The number of amides is 2.